The Morgan fingerprint density at radius 2 is 2.06 bits per heavy atom. The number of aliphatic hydroxyl groups is 1. The third kappa shape index (κ3) is 2.41. The Hall–Kier alpha value is -0.970. The second kappa shape index (κ2) is 4.96. The SMILES string of the molecule is OC1CN(Cc2cc(Cl)c3c(c2)OCCCO3)C1. The van der Waals surface area contributed by atoms with E-state index in [1.54, 1.807) is 0 Å². The summed E-state index contributed by atoms with van der Waals surface area (Å²) in [6.07, 6.45) is 0.694. The van der Waals surface area contributed by atoms with E-state index < -0.39 is 0 Å². The Morgan fingerprint density at radius 1 is 1.28 bits per heavy atom. The molecule has 4 nitrogen and oxygen atoms in total. The van der Waals surface area contributed by atoms with Crippen molar-refractivity contribution in [2.75, 3.05) is 26.3 Å². The molecule has 1 aromatic carbocycles. The molecule has 0 spiro atoms. The predicted molar refractivity (Wildman–Crippen MR) is 68.3 cm³/mol. The average molecular weight is 270 g/mol. The van der Waals surface area contributed by atoms with Gasteiger partial charge in [0.05, 0.1) is 24.3 Å². The lowest BCUT2D eigenvalue weighted by molar-refractivity contribution is -0.00289. The number of rotatable bonds is 2. The molecule has 0 radical (unpaired) electrons. The first-order valence-corrected chi connectivity index (χ1v) is 6.58. The predicted octanol–water partition coefficient (Wildman–Crippen LogP) is 1.68. The molecule has 0 aliphatic carbocycles. The molecule has 0 bridgehead atoms. The van der Waals surface area contributed by atoms with Gasteiger partial charge in [-0.1, -0.05) is 11.6 Å². The van der Waals surface area contributed by atoms with Crippen molar-refractivity contribution in [1.82, 2.24) is 4.90 Å². The molecule has 2 aliphatic rings. The smallest absolute Gasteiger partial charge is 0.179 e. The second-order valence-electron chi connectivity index (χ2n) is 4.80. The molecular formula is C13H16ClNO3. The topological polar surface area (TPSA) is 41.9 Å². The minimum absolute atomic E-state index is 0.180. The summed E-state index contributed by atoms with van der Waals surface area (Å²) in [7, 11) is 0. The Balaban J connectivity index is 1.79. The third-order valence-corrected chi connectivity index (χ3v) is 3.49. The van der Waals surface area contributed by atoms with Crippen LogP contribution in [0.4, 0.5) is 0 Å². The number of β-amino-alcohol motifs (C(OH)–C–C–N with tert-alkyl or cyclic N) is 1. The number of nitrogens with zero attached hydrogens (tertiary/aromatic N) is 1. The van der Waals surface area contributed by atoms with E-state index in [2.05, 4.69) is 4.90 Å². The Morgan fingerprint density at radius 3 is 2.83 bits per heavy atom. The maximum Gasteiger partial charge on any atom is 0.179 e. The van der Waals surface area contributed by atoms with Crippen LogP contribution < -0.4 is 9.47 Å². The zero-order valence-electron chi connectivity index (χ0n) is 10.1. The van der Waals surface area contributed by atoms with Crippen molar-refractivity contribution in [1.29, 1.82) is 0 Å². The fraction of sp³-hybridized carbons (Fsp3) is 0.538. The van der Waals surface area contributed by atoms with Gasteiger partial charge in [-0.05, 0) is 17.7 Å². The van der Waals surface area contributed by atoms with Gasteiger partial charge < -0.3 is 14.6 Å². The van der Waals surface area contributed by atoms with Crippen molar-refractivity contribution in [3.8, 4) is 11.5 Å². The van der Waals surface area contributed by atoms with E-state index in [1.807, 2.05) is 12.1 Å². The molecule has 1 N–H and O–H groups in total. The maximum atomic E-state index is 9.27. The molecule has 0 aromatic heterocycles. The van der Waals surface area contributed by atoms with Crippen LogP contribution in [0.3, 0.4) is 0 Å². The van der Waals surface area contributed by atoms with Gasteiger partial charge in [0.15, 0.2) is 11.5 Å². The van der Waals surface area contributed by atoms with E-state index in [1.165, 1.54) is 0 Å². The van der Waals surface area contributed by atoms with Gasteiger partial charge in [0, 0.05) is 26.1 Å². The van der Waals surface area contributed by atoms with Crippen molar-refractivity contribution in [2.24, 2.45) is 0 Å². The first-order valence-electron chi connectivity index (χ1n) is 6.21. The number of fused-ring (bicyclic) bond motifs is 1. The third-order valence-electron chi connectivity index (χ3n) is 3.21. The standard InChI is InChI=1S/C13H16ClNO3/c14-11-4-9(6-15-7-10(16)8-15)5-12-13(11)18-3-1-2-17-12/h4-5,10,16H,1-3,6-8H2. The molecule has 2 heterocycles. The molecule has 2 aliphatic heterocycles. The lowest BCUT2D eigenvalue weighted by Crippen LogP contribution is -2.49. The number of hydrogen-bond acceptors (Lipinski definition) is 4. The summed E-state index contributed by atoms with van der Waals surface area (Å²) < 4.78 is 11.2. The number of benzene rings is 1. The molecule has 0 amide bonds. The molecule has 1 fully saturated rings. The van der Waals surface area contributed by atoms with Gasteiger partial charge in [-0.3, -0.25) is 4.90 Å². The lowest BCUT2D eigenvalue weighted by atomic mass is 10.1. The molecule has 3 rings (SSSR count). The van der Waals surface area contributed by atoms with Gasteiger partial charge in [-0.25, -0.2) is 0 Å². The molecule has 18 heavy (non-hydrogen) atoms. The summed E-state index contributed by atoms with van der Waals surface area (Å²) in [6.45, 7) is 3.55. The Labute approximate surface area is 111 Å². The van der Waals surface area contributed by atoms with Crippen molar-refractivity contribution in [3.05, 3.63) is 22.7 Å². The summed E-state index contributed by atoms with van der Waals surface area (Å²) in [5, 5.41) is 9.87. The molecule has 1 saturated heterocycles. The van der Waals surface area contributed by atoms with E-state index in [-0.39, 0.29) is 6.10 Å². The minimum atomic E-state index is -0.180. The van der Waals surface area contributed by atoms with E-state index in [9.17, 15) is 5.11 Å². The maximum absolute atomic E-state index is 9.27. The summed E-state index contributed by atoms with van der Waals surface area (Å²) in [5.74, 6) is 1.39. The van der Waals surface area contributed by atoms with Gasteiger partial charge in [0.25, 0.3) is 0 Å². The Bertz CT molecular complexity index is 446. The van der Waals surface area contributed by atoms with Gasteiger partial charge in [-0.2, -0.15) is 0 Å². The number of likely N-dealkylation sites (tertiary alicyclic amines) is 1. The lowest BCUT2D eigenvalue weighted by Gasteiger charge is -2.35. The second-order valence-corrected chi connectivity index (χ2v) is 5.21. The van der Waals surface area contributed by atoms with Crippen LogP contribution in [-0.2, 0) is 6.54 Å². The first kappa shape index (κ1) is 12.1. The first-order chi connectivity index (χ1) is 8.72. The molecule has 0 unspecified atom stereocenters. The number of hydrogen-bond donors (Lipinski definition) is 1. The number of ether oxygens (including phenoxy) is 2. The van der Waals surface area contributed by atoms with Crippen LogP contribution in [0.15, 0.2) is 12.1 Å². The molecule has 98 valence electrons. The summed E-state index contributed by atoms with van der Waals surface area (Å²) in [6, 6.07) is 3.90. The van der Waals surface area contributed by atoms with Crippen molar-refractivity contribution in [3.63, 3.8) is 0 Å². The fourth-order valence-electron chi connectivity index (χ4n) is 2.31. The molecule has 5 heteroatoms. The van der Waals surface area contributed by atoms with Crippen LogP contribution in [-0.4, -0.2) is 42.4 Å². The zero-order valence-corrected chi connectivity index (χ0v) is 10.8. The minimum Gasteiger partial charge on any atom is -0.489 e. The zero-order chi connectivity index (χ0) is 12.5. The van der Waals surface area contributed by atoms with Crippen LogP contribution in [0.2, 0.25) is 5.02 Å². The van der Waals surface area contributed by atoms with Gasteiger partial charge in [-0.15, -0.1) is 0 Å². The van der Waals surface area contributed by atoms with E-state index in [0.29, 0.717) is 24.0 Å². The molecule has 1 aromatic rings. The summed E-state index contributed by atoms with van der Waals surface area (Å²) in [5.41, 5.74) is 1.09. The highest BCUT2D eigenvalue weighted by atomic mass is 35.5. The number of aliphatic hydroxyl groups excluding tert-OH is 1. The highest BCUT2D eigenvalue weighted by Crippen LogP contribution is 2.38. The quantitative estimate of drug-likeness (QED) is 0.887. The number of halogens is 1. The summed E-state index contributed by atoms with van der Waals surface area (Å²) >= 11 is 6.22. The molecular weight excluding hydrogens is 254 g/mol. The highest BCUT2D eigenvalue weighted by molar-refractivity contribution is 6.32. The van der Waals surface area contributed by atoms with Crippen LogP contribution in [0.25, 0.3) is 0 Å². The van der Waals surface area contributed by atoms with Crippen LogP contribution in [0, 0.1) is 0 Å². The van der Waals surface area contributed by atoms with Crippen LogP contribution in [0.5, 0.6) is 11.5 Å². The van der Waals surface area contributed by atoms with Crippen LogP contribution in [0.1, 0.15) is 12.0 Å². The molecule has 0 atom stereocenters. The van der Waals surface area contributed by atoms with Crippen molar-refractivity contribution in [2.45, 2.75) is 19.1 Å². The summed E-state index contributed by atoms with van der Waals surface area (Å²) in [4.78, 5) is 2.17. The van der Waals surface area contributed by atoms with E-state index in [4.69, 9.17) is 21.1 Å². The average Bonchev–Trinajstić information content (AvgIpc) is 2.52. The van der Waals surface area contributed by atoms with Gasteiger partial charge in [0.1, 0.15) is 0 Å². The van der Waals surface area contributed by atoms with Crippen molar-refractivity contribution >= 4 is 11.6 Å². The fourth-order valence-corrected chi connectivity index (χ4v) is 2.59. The van der Waals surface area contributed by atoms with Gasteiger partial charge >= 0.3 is 0 Å². The van der Waals surface area contributed by atoms with E-state index in [0.717, 1.165) is 37.4 Å². The molecule has 0 saturated carbocycles. The largest absolute Gasteiger partial charge is 0.489 e. The monoisotopic (exact) mass is 269 g/mol. The normalized spacial score (nSPS) is 20.3. The van der Waals surface area contributed by atoms with Crippen LogP contribution >= 0.6 is 11.6 Å². The highest BCUT2D eigenvalue weighted by Gasteiger charge is 2.25. The van der Waals surface area contributed by atoms with E-state index >= 15 is 0 Å². The van der Waals surface area contributed by atoms with Gasteiger partial charge in [0.2, 0.25) is 0 Å². The van der Waals surface area contributed by atoms with Crippen molar-refractivity contribution < 1.29 is 14.6 Å². The Kier molecular flexibility index (Phi) is 3.33.